The molecule has 0 spiro atoms. The summed E-state index contributed by atoms with van der Waals surface area (Å²) in [6.45, 7) is 11.2. The Morgan fingerprint density at radius 3 is 2.50 bits per heavy atom. The highest BCUT2D eigenvalue weighted by molar-refractivity contribution is 5.69. The van der Waals surface area contributed by atoms with Crippen LogP contribution < -0.4 is 0 Å². The Labute approximate surface area is 125 Å². The quantitative estimate of drug-likeness (QED) is 0.402. The molecule has 0 aliphatic carbocycles. The molecule has 0 radical (unpaired) electrons. The zero-order chi connectivity index (χ0) is 15.4. The van der Waals surface area contributed by atoms with Crippen molar-refractivity contribution in [1.29, 1.82) is 0 Å². The number of hydrogen-bond acceptors (Lipinski definition) is 2. The van der Waals surface area contributed by atoms with Crippen LogP contribution in [0.15, 0.2) is 17.4 Å². The molecule has 0 aromatic rings. The van der Waals surface area contributed by atoms with E-state index in [1.165, 1.54) is 24.8 Å². The molecule has 1 unspecified atom stereocenters. The second kappa shape index (κ2) is 11.8. The fourth-order valence-corrected chi connectivity index (χ4v) is 1.80. The molecule has 2 heteroatoms. The largest absolute Gasteiger partial charge is 0.465 e. The van der Waals surface area contributed by atoms with Crippen molar-refractivity contribution in [3.63, 3.8) is 0 Å². The third kappa shape index (κ3) is 12.0. The molecular formula is C18H32O2. The monoisotopic (exact) mass is 280 g/mol. The lowest BCUT2D eigenvalue weighted by atomic mass is 10.0. The van der Waals surface area contributed by atoms with Gasteiger partial charge in [-0.1, -0.05) is 40.5 Å². The lowest BCUT2D eigenvalue weighted by Crippen LogP contribution is -2.09. The number of carbonyl (C=O) groups excluding carboxylic acids is 1. The summed E-state index contributed by atoms with van der Waals surface area (Å²) in [6.07, 6.45) is 8.22. The zero-order valence-corrected chi connectivity index (χ0v) is 14.0. The minimum atomic E-state index is -0.0770. The van der Waals surface area contributed by atoms with Gasteiger partial charge in [-0.15, -0.1) is 5.73 Å². The summed E-state index contributed by atoms with van der Waals surface area (Å²) in [4.78, 5) is 11.5. The summed E-state index contributed by atoms with van der Waals surface area (Å²) in [5.41, 5.74) is 4.58. The van der Waals surface area contributed by atoms with Gasteiger partial charge in [-0.05, 0) is 49.7 Å². The van der Waals surface area contributed by atoms with Crippen LogP contribution in [-0.4, -0.2) is 12.6 Å². The molecule has 1 atom stereocenters. The summed E-state index contributed by atoms with van der Waals surface area (Å²) in [6, 6.07) is 0. The summed E-state index contributed by atoms with van der Waals surface area (Å²) >= 11 is 0. The fourth-order valence-electron chi connectivity index (χ4n) is 1.80. The van der Waals surface area contributed by atoms with Crippen molar-refractivity contribution < 1.29 is 9.53 Å². The molecule has 0 rings (SSSR count). The van der Waals surface area contributed by atoms with Gasteiger partial charge in [-0.2, -0.15) is 0 Å². The topological polar surface area (TPSA) is 26.3 Å². The first kappa shape index (κ1) is 19.0. The highest BCUT2D eigenvalue weighted by Gasteiger charge is 2.04. The van der Waals surface area contributed by atoms with Crippen LogP contribution in [0.4, 0.5) is 0 Å². The van der Waals surface area contributed by atoms with Gasteiger partial charge in [0.2, 0.25) is 0 Å². The van der Waals surface area contributed by atoms with E-state index in [1.54, 1.807) is 0 Å². The Balaban J connectivity index is 3.88. The van der Waals surface area contributed by atoms with Gasteiger partial charge in [0.05, 0.1) is 6.61 Å². The molecule has 0 saturated heterocycles. The molecule has 0 aromatic carbocycles. The van der Waals surface area contributed by atoms with Crippen molar-refractivity contribution >= 4 is 5.97 Å². The van der Waals surface area contributed by atoms with Gasteiger partial charge < -0.3 is 4.74 Å². The van der Waals surface area contributed by atoms with Crippen LogP contribution in [-0.2, 0) is 9.53 Å². The number of allylic oxidation sites excluding steroid dienone is 1. The van der Waals surface area contributed by atoms with E-state index in [0.717, 1.165) is 12.8 Å². The fraction of sp³-hybridized carbons (Fsp3) is 0.778. The van der Waals surface area contributed by atoms with Gasteiger partial charge in [-0.25, -0.2) is 0 Å². The highest BCUT2D eigenvalue weighted by atomic mass is 16.5. The molecule has 2 nitrogen and oxygen atoms in total. The van der Waals surface area contributed by atoms with Crippen molar-refractivity contribution in [3.05, 3.63) is 17.4 Å². The van der Waals surface area contributed by atoms with Crippen molar-refractivity contribution in [2.75, 3.05) is 6.61 Å². The van der Waals surface area contributed by atoms with Gasteiger partial charge in [0, 0.05) is 6.42 Å². The molecule has 0 fully saturated rings. The highest BCUT2D eigenvalue weighted by Crippen LogP contribution is 2.11. The summed E-state index contributed by atoms with van der Waals surface area (Å²) in [5, 5.41) is 0. The number of hydrogen-bond donors (Lipinski definition) is 0. The maximum absolute atomic E-state index is 11.5. The molecule has 0 heterocycles. The van der Waals surface area contributed by atoms with Gasteiger partial charge in [0.25, 0.3) is 0 Å². The number of unbranched alkanes of at least 4 members (excludes halogenated alkanes) is 1. The lowest BCUT2D eigenvalue weighted by Gasteiger charge is -2.06. The normalized spacial score (nSPS) is 11.9. The minimum Gasteiger partial charge on any atom is -0.465 e. The Morgan fingerprint density at radius 2 is 1.90 bits per heavy atom. The Bertz CT molecular complexity index is 322. The Morgan fingerprint density at radius 1 is 1.20 bits per heavy atom. The molecule has 0 aliphatic heterocycles. The van der Waals surface area contributed by atoms with Crippen molar-refractivity contribution in [1.82, 2.24) is 0 Å². The predicted octanol–water partition coefficient (Wildman–Crippen LogP) is 5.28. The molecule has 0 saturated carbocycles. The Hall–Kier alpha value is -1.01. The maximum atomic E-state index is 11.5. The van der Waals surface area contributed by atoms with E-state index in [0.29, 0.717) is 24.9 Å². The second-order valence-electron chi connectivity index (χ2n) is 6.14. The lowest BCUT2D eigenvalue weighted by molar-refractivity contribution is -0.144. The Kier molecular flexibility index (Phi) is 11.2. The first-order valence-electron chi connectivity index (χ1n) is 8.03. The SMILES string of the molecule is CCCCC(C)C=C=C(C)CCCC(=O)OCC(C)C. The van der Waals surface area contributed by atoms with E-state index in [1.807, 2.05) is 13.8 Å². The van der Waals surface area contributed by atoms with E-state index in [2.05, 4.69) is 32.6 Å². The minimum absolute atomic E-state index is 0.0770. The molecule has 0 N–H and O–H groups in total. The van der Waals surface area contributed by atoms with Crippen LogP contribution in [0.3, 0.4) is 0 Å². The van der Waals surface area contributed by atoms with Crippen LogP contribution >= 0.6 is 0 Å². The van der Waals surface area contributed by atoms with E-state index < -0.39 is 0 Å². The standard InChI is InChI=1S/C18H32O2/c1-6-7-9-16(4)12-13-17(5)10-8-11-18(19)20-14-15(2)3/h12,15-16H,6-11,14H2,1-5H3. The van der Waals surface area contributed by atoms with Crippen LogP contribution in [0.5, 0.6) is 0 Å². The van der Waals surface area contributed by atoms with Gasteiger partial charge in [-0.3, -0.25) is 4.79 Å². The van der Waals surface area contributed by atoms with E-state index in [4.69, 9.17) is 4.74 Å². The smallest absolute Gasteiger partial charge is 0.305 e. The molecule has 0 bridgehead atoms. The maximum Gasteiger partial charge on any atom is 0.305 e. The van der Waals surface area contributed by atoms with Crippen molar-refractivity contribution in [2.24, 2.45) is 11.8 Å². The third-order valence-corrected chi connectivity index (χ3v) is 3.14. The third-order valence-electron chi connectivity index (χ3n) is 3.14. The van der Waals surface area contributed by atoms with Crippen molar-refractivity contribution in [2.45, 2.75) is 73.1 Å². The van der Waals surface area contributed by atoms with Crippen LogP contribution in [0.1, 0.15) is 73.1 Å². The molecule has 0 aromatic heterocycles. The number of esters is 1. The average Bonchev–Trinajstić information content (AvgIpc) is 2.40. The molecule has 0 aliphatic rings. The summed E-state index contributed by atoms with van der Waals surface area (Å²) in [7, 11) is 0. The molecule has 20 heavy (non-hydrogen) atoms. The second-order valence-corrected chi connectivity index (χ2v) is 6.14. The molecule has 116 valence electrons. The van der Waals surface area contributed by atoms with Crippen LogP contribution in [0.25, 0.3) is 0 Å². The van der Waals surface area contributed by atoms with Crippen LogP contribution in [0, 0.1) is 11.8 Å². The first-order chi connectivity index (χ1) is 9.45. The predicted molar refractivity (Wildman–Crippen MR) is 85.6 cm³/mol. The number of ether oxygens (including phenoxy) is 1. The van der Waals surface area contributed by atoms with E-state index >= 15 is 0 Å². The number of rotatable bonds is 10. The van der Waals surface area contributed by atoms with Gasteiger partial charge in [0.1, 0.15) is 0 Å². The number of carbonyl (C=O) groups is 1. The zero-order valence-electron chi connectivity index (χ0n) is 14.0. The molecule has 0 amide bonds. The van der Waals surface area contributed by atoms with Gasteiger partial charge in [0.15, 0.2) is 0 Å². The van der Waals surface area contributed by atoms with Crippen LogP contribution in [0.2, 0.25) is 0 Å². The average molecular weight is 280 g/mol. The summed E-state index contributed by atoms with van der Waals surface area (Å²) < 4.78 is 5.15. The molecular weight excluding hydrogens is 248 g/mol. The summed E-state index contributed by atoms with van der Waals surface area (Å²) in [5.74, 6) is 0.931. The first-order valence-corrected chi connectivity index (χ1v) is 8.03. The van der Waals surface area contributed by atoms with Crippen molar-refractivity contribution in [3.8, 4) is 0 Å². The van der Waals surface area contributed by atoms with E-state index in [9.17, 15) is 4.79 Å². The van der Waals surface area contributed by atoms with E-state index in [-0.39, 0.29) is 5.97 Å². The van der Waals surface area contributed by atoms with Gasteiger partial charge >= 0.3 is 5.97 Å².